The molecule has 0 aliphatic heterocycles. The molecule has 0 unspecified atom stereocenters. The zero-order chi connectivity index (χ0) is 16.3. The molecule has 1 aromatic carbocycles. The van der Waals surface area contributed by atoms with E-state index < -0.39 is 38.7 Å². The van der Waals surface area contributed by atoms with Crippen molar-refractivity contribution in [3.63, 3.8) is 0 Å². The zero-order valence-electron chi connectivity index (χ0n) is 12.0. The van der Waals surface area contributed by atoms with Gasteiger partial charge in [-0.05, 0) is 32.9 Å². The molecular weight excluding hydrogens is 297 g/mol. The summed E-state index contributed by atoms with van der Waals surface area (Å²) in [6.07, 6.45) is 0. The van der Waals surface area contributed by atoms with Crippen LogP contribution < -0.4 is 0 Å². The highest BCUT2D eigenvalue weighted by Crippen LogP contribution is 2.15. The highest BCUT2D eigenvalue weighted by Gasteiger charge is 2.24. The number of nitriles is 1. The average Bonchev–Trinajstić information content (AvgIpc) is 2.28. The van der Waals surface area contributed by atoms with Crippen molar-refractivity contribution in [2.24, 2.45) is 0 Å². The molecule has 0 fully saturated rings. The monoisotopic (exact) mass is 313 g/mol. The fourth-order valence-electron chi connectivity index (χ4n) is 1.57. The van der Waals surface area contributed by atoms with E-state index in [1.165, 1.54) is 12.1 Å². The van der Waals surface area contributed by atoms with Crippen LogP contribution in [0, 0.1) is 17.1 Å². The molecule has 0 bridgehead atoms. The van der Waals surface area contributed by atoms with Crippen molar-refractivity contribution < 1.29 is 22.3 Å². The van der Waals surface area contributed by atoms with Crippen molar-refractivity contribution in [2.45, 2.75) is 32.1 Å². The van der Waals surface area contributed by atoms with Gasteiger partial charge in [0.05, 0.1) is 17.4 Å². The Morgan fingerprint density at radius 3 is 2.48 bits per heavy atom. The standard InChI is InChI=1S/C14H16FNO4S/c1-14(2,3)20-13(17)9-21(18,19)8-11-5-4-10(7-16)6-12(11)15/h4-6H,8-9H2,1-3H3. The summed E-state index contributed by atoms with van der Waals surface area (Å²) in [4.78, 5) is 11.5. The van der Waals surface area contributed by atoms with Crippen molar-refractivity contribution in [1.82, 2.24) is 0 Å². The first-order chi connectivity index (χ1) is 9.52. The highest BCUT2D eigenvalue weighted by molar-refractivity contribution is 7.91. The van der Waals surface area contributed by atoms with Crippen LogP contribution in [-0.4, -0.2) is 25.7 Å². The van der Waals surface area contributed by atoms with Gasteiger partial charge in [-0.2, -0.15) is 5.26 Å². The number of nitrogens with zero attached hydrogens (tertiary/aromatic N) is 1. The molecule has 7 heteroatoms. The molecule has 0 amide bonds. The molecule has 0 heterocycles. The predicted octanol–water partition coefficient (Wildman–Crippen LogP) is 1.95. The third kappa shape index (κ3) is 5.92. The molecule has 0 spiro atoms. The van der Waals surface area contributed by atoms with Gasteiger partial charge in [0.15, 0.2) is 9.84 Å². The van der Waals surface area contributed by atoms with Gasteiger partial charge in [-0.15, -0.1) is 0 Å². The molecule has 0 aliphatic carbocycles. The summed E-state index contributed by atoms with van der Waals surface area (Å²) in [5.41, 5.74) is -0.773. The van der Waals surface area contributed by atoms with Gasteiger partial charge < -0.3 is 4.74 Å². The van der Waals surface area contributed by atoms with Gasteiger partial charge >= 0.3 is 5.97 Å². The highest BCUT2D eigenvalue weighted by atomic mass is 32.2. The van der Waals surface area contributed by atoms with E-state index in [9.17, 15) is 17.6 Å². The van der Waals surface area contributed by atoms with Crippen molar-refractivity contribution in [1.29, 1.82) is 5.26 Å². The number of rotatable bonds is 4. The average molecular weight is 313 g/mol. The second-order valence-electron chi connectivity index (χ2n) is 5.54. The van der Waals surface area contributed by atoms with Gasteiger partial charge in [0.1, 0.15) is 17.2 Å². The molecule has 0 saturated carbocycles. The largest absolute Gasteiger partial charge is 0.459 e. The molecule has 0 N–H and O–H groups in total. The predicted molar refractivity (Wildman–Crippen MR) is 74.5 cm³/mol. The molecule has 0 saturated heterocycles. The Hall–Kier alpha value is -1.94. The number of carbonyl (C=O) groups is 1. The van der Waals surface area contributed by atoms with Crippen LogP contribution in [0.2, 0.25) is 0 Å². The van der Waals surface area contributed by atoms with E-state index in [2.05, 4.69) is 0 Å². The summed E-state index contributed by atoms with van der Waals surface area (Å²) >= 11 is 0. The number of benzene rings is 1. The van der Waals surface area contributed by atoms with Crippen LogP contribution in [-0.2, 0) is 25.1 Å². The summed E-state index contributed by atoms with van der Waals surface area (Å²) < 4.78 is 42.3. The van der Waals surface area contributed by atoms with Crippen LogP contribution in [0.15, 0.2) is 18.2 Å². The van der Waals surface area contributed by atoms with Gasteiger partial charge in [-0.25, -0.2) is 12.8 Å². The van der Waals surface area contributed by atoms with Crippen LogP contribution in [0.1, 0.15) is 31.9 Å². The molecular formula is C14H16FNO4S. The molecule has 1 rings (SSSR count). The first kappa shape index (κ1) is 17.1. The Balaban J connectivity index is 2.82. The Morgan fingerprint density at radius 1 is 1.38 bits per heavy atom. The fourth-order valence-corrected chi connectivity index (χ4v) is 2.80. The van der Waals surface area contributed by atoms with Crippen LogP contribution >= 0.6 is 0 Å². The van der Waals surface area contributed by atoms with E-state index in [1.54, 1.807) is 26.8 Å². The van der Waals surface area contributed by atoms with Crippen molar-refractivity contribution in [3.8, 4) is 6.07 Å². The third-order valence-electron chi connectivity index (χ3n) is 2.32. The Labute approximate surface area is 123 Å². The lowest BCUT2D eigenvalue weighted by molar-refractivity contribution is -0.151. The number of carbonyl (C=O) groups excluding carboxylic acids is 1. The number of hydrogen-bond acceptors (Lipinski definition) is 5. The summed E-state index contributed by atoms with van der Waals surface area (Å²) in [7, 11) is -3.85. The van der Waals surface area contributed by atoms with Crippen LogP contribution in [0.25, 0.3) is 0 Å². The minimum atomic E-state index is -3.85. The maximum atomic E-state index is 13.6. The van der Waals surface area contributed by atoms with Crippen molar-refractivity contribution in [3.05, 3.63) is 35.1 Å². The summed E-state index contributed by atoms with van der Waals surface area (Å²) in [5, 5.41) is 8.62. The number of hydrogen-bond donors (Lipinski definition) is 0. The van der Waals surface area contributed by atoms with Gasteiger partial charge in [0, 0.05) is 5.56 Å². The number of ether oxygens (including phenoxy) is 1. The molecule has 0 atom stereocenters. The minimum absolute atomic E-state index is 0.0856. The lowest BCUT2D eigenvalue weighted by Gasteiger charge is -2.19. The number of sulfone groups is 1. The van der Waals surface area contributed by atoms with E-state index in [1.807, 2.05) is 0 Å². The van der Waals surface area contributed by atoms with Crippen LogP contribution in [0.5, 0.6) is 0 Å². The molecule has 5 nitrogen and oxygen atoms in total. The molecule has 0 radical (unpaired) electrons. The quantitative estimate of drug-likeness (QED) is 0.793. The molecule has 21 heavy (non-hydrogen) atoms. The maximum absolute atomic E-state index is 13.6. The minimum Gasteiger partial charge on any atom is -0.459 e. The lowest BCUT2D eigenvalue weighted by Crippen LogP contribution is -2.29. The molecule has 0 aromatic heterocycles. The molecule has 1 aromatic rings. The molecule has 114 valence electrons. The Kier molecular flexibility index (Phi) is 5.07. The summed E-state index contributed by atoms with van der Waals surface area (Å²) in [6.45, 7) is 4.87. The van der Waals surface area contributed by atoms with Gasteiger partial charge in [0.2, 0.25) is 0 Å². The fraction of sp³-hybridized carbons (Fsp3) is 0.429. The van der Waals surface area contributed by atoms with E-state index in [4.69, 9.17) is 10.00 Å². The lowest BCUT2D eigenvalue weighted by atomic mass is 10.1. The van der Waals surface area contributed by atoms with E-state index in [-0.39, 0.29) is 11.1 Å². The zero-order valence-corrected chi connectivity index (χ0v) is 12.8. The first-order valence-corrected chi connectivity index (χ1v) is 7.95. The third-order valence-corrected chi connectivity index (χ3v) is 3.74. The topological polar surface area (TPSA) is 84.2 Å². The Bertz CT molecular complexity index is 684. The number of esters is 1. The first-order valence-electron chi connectivity index (χ1n) is 6.13. The van der Waals surface area contributed by atoms with E-state index in [0.717, 1.165) is 6.07 Å². The number of halogens is 1. The van der Waals surface area contributed by atoms with Crippen LogP contribution in [0.4, 0.5) is 4.39 Å². The van der Waals surface area contributed by atoms with E-state index >= 15 is 0 Å². The molecule has 0 aliphatic rings. The second kappa shape index (κ2) is 6.22. The van der Waals surface area contributed by atoms with Crippen molar-refractivity contribution in [2.75, 3.05) is 5.75 Å². The van der Waals surface area contributed by atoms with Gasteiger partial charge in [0.25, 0.3) is 0 Å². The maximum Gasteiger partial charge on any atom is 0.321 e. The van der Waals surface area contributed by atoms with Crippen LogP contribution in [0.3, 0.4) is 0 Å². The smallest absolute Gasteiger partial charge is 0.321 e. The summed E-state index contributed by atoms with van der Waals surface area (Å²) in [5.74, 6) is -3.11. The SMILES string of the molecule is CC(C)(C)OC(=O)CS(=O)(=O)Cc1ccc(C#N)cc1F. The summed E-state index contributed by atoms with van der Waals surface area (Å²) in [6, 6.07) is 5.25. The van der Waals surface area contributed by atoms with E-state index in [0.29, 0.717) is 0 Å². The van der Waals surface area contributed by atoms with Gasteiger partial charge in [-0.3, -0.25) is 4.79 Å². The Morgan fingerprint density at radius 2 is 2.00 bits per heavy atom. The van der Waals surface area contributed by atoms with Gasteiger partial charge in [-0.1, -0.05) is 6.07 Å². The van der Waals surface area contributed by atoms with Crippen molar-refractivity contribution >= 4 is 15.8 Å². The normalized spacial score (nSPS) is 11.8. The second-order valence-corrected chi connectivity index (χ2v) is 7.60.